The molecule has 4 rings (SSSR count). The van der Waals surface area contributed by atoms with Crippen molar-refractivity contribution in [3.05, 3.63) is 71.3 Å². The molecule has 2 aliphatic heterocycles. The van der Waals surface area contributed by atoms with Crippen LogP contribution in [-0.2, 0) is 0 Å². The number of halogens is 2. The smallest absolute Gasteiger partial charge is 0.248 e. The molecule has 0 N–H and O–H groups in total. The molecular formula is C19H17F2N5S. The van der Waals surface area contributed by atoms with Gasteiger partial charge in [-0.1, -0.05) is 24.3 Å². The normalized spacial score (nSPS) is 17.7. The fourth-order valence-electron chi connectivity index (χ4n) is 3.44. The number of aliphatic imine (C=N–C) groups is 1. The SMILES string of the molecule is Fc1ccc(C(c2ccc(F)cc2)N2CCN(C3=NC(=S)N=N3)CC2)cc1. The largest absolute Gasteiger partial charge is 0.337 e. The minimum Gasteiger partial charge on any atom is -0.337 e. The second-order valence-corrected chi connectivity index (χ2v) is 6.79. The summed E-state index contributed by atoms with van der Waals surface area (Å²) in [6, 6.07) is 12.9. The van der Waals surface area contributed by atoms with Gasteiger partial charge >= 0.3 is 0 Å². The predicted octanol–water partition coefficient (Wildman–Crippen LogP) is 3.78. The van der Waals surface area contributed by atoms with E-state index < -0.39 is 0 Å². The van der Waals surface area contributed by atoms with Gasteiger partial charge in [0, 0.05) is 26.2 Å². The molecule has 1 saturated heterocycles. The van der Waals surface area contributed by atoms with Crippen LogP contribution in [0.2, 0.25) is 0 Å². The molecule has 0 saturated carbocycles. The Morgan fingerprint density at radius 3 is 1.74 bits per heavy atom. The van der Waals surface area contributed by atoms with Crippen LogP contribution in [0, 0.1) is 11.6 Å². The molecule has 8 heteroatoms. The van der Waals surface area contributed by atoms with E-state index in [2.05, 4.69) is 20.1 Å². The summed E-state index contributed by atoms with van der Waals surface area (Å²) in [4.78, 5) is 8.50. The number of thiocarbonyl (C=S) groups is 1. The van der Waals surface area contributed by atoms with E-state index in [1.807, 2.05) is 4.90 Å². The molecule has 2 aromatic carbocycles. The first-order chi connectivity index (χ1) is 13.1. The summed E-state index contributed by atoms with van der Waals surface area (Å²) in [5.74, 6) is 0.00349. The van der Waals surface area contributed by atoms with E-state index in [1.165, 1.54) is 24.3 Å². The highest BCUT2D eigenvalue weighted by Crippen LogP contribution is 2.30. The molecule has 5 nitrogen and oxygen atoms in total. The first kappa shape index (κ1) is 17.8. The lowest BCUT2D eigenvalue weighted by Crippen LogP contribution is -2.49. The molecule has 0 aromatic heterocycles. The molecule has 0 unspecified atom stereocenters. The molecule has 0 spiro atoms. The second-order valence-electron chi connectivity index (χ2n) is 6.42. The highest BCUT2D eigenvalue weighted by Gasteiger charge is 2.28. The van der Waals surface area contributed by atoms with Gasteiger partial charge in [-0.05, 0) is 47.6 Å². The van der Waals surface area contributed by atoms with Gasteiger partial charge in [-0.15, -0.1) is 10.2 Å². The van der Waals surface area contributed by atoms with Crippen molar-refractivity contribution in [1.29, 1.82) is 0 Å². The van der Waals surface area contributed by atoms with Gasteiger partial charge in [-0.2, -0.15) is 4.99 Å². The van der Waals surface area contributed by atoms with Gasteiger partial charge in [0.2, 0.25) is 11.1 Å². The standard InChI is InChI=1S/C19H17F2N5S/c20-15-5-1-13(2-6-15)17(14-3-7-16(21)8-4-14)25-9-11-26(12-10-25)18-22-19(27)24-23-18/h1-8,17H,9-12H2. The van der Waals surface area contributed by atoms with Crippen LogP contribution in [0.1, 0.15) is 17.2 Å². The Morgan fingerprint density at radius 1 is 0.778 bits per heavy atom. The first-order valence-electron chi connectivity index (χ1n) is 8.64. The highest BCUT2D eigenvalue weighted by molar-refractivity contribution is 7.80. The predicted molar refractivity (Wildman–Crippen MR) is 103 cm³/mol. The molecule has 2 aliphatic rings. The number of piperazine rings is 1. The zero-order valence-corrected chi connectivity index (χ0v) is 15.2. The number of hydrogen-bond acceptors (Lipinski definition) is 4. The fraction of sp³-hybridized carbons (Fsp3) is 0.263. The maximum absolute atomic E-state index is 13.4. The van der Waals surface area contributed by atoms with Crippen LogP contribution in [0.4, 0.5) is 8.78 Å². The van der Waals surface area contributed by atoms with Crippen molar-refractivity contribution in [2.75, 3.05) is 26.2 Å². The Morgan fingerprint density at radius 2 is 1.30 bits per heavy atom. The number of nitrogens with zero attached hydrogens (tertiary/aromatic N) is 5. The molecule has 1 fully saturated rings. The topological polar surface area (TPSA) is 43.6 Å². The van der Waals surface area contributed by atoms with Crippen LogP contribution in [0.5, 0.6) is 0 Å². The summed E-state index contributed by atoms with van der Waals surface area (Å²) in [6.45, 7) is 2.94. The van der Waals surface area contributed by atoms with Gasteiger partial charge in [-0.25, -0.2) is 8.78 Å². The Kier molecular flexibility index (Phi) is 5.00. The van der Waals surface area contributed by atoms with E-state index in [9.17, 15) is 8.78 Å². The maximum atomic E-state index is 13.4. The minimum absolute atomic E-state index is 0.0819. The van der Waals surface area contributed by atoms with E-state index in [4.69, 9.17) is 12.2 Å². The second kappa shape index (κ2) is 7.58. The van der Waals surface area contributed by atoms with Gasteiger partial charge in [0.25, 0.3) is 0 Å². The van der Waals surface area contributed by atoms with E-state index in [1.54, 1.807) is 24.3 Å². The van der Waals surface area contributed by atoms with Crippen molar-refractivity contribution < 1.29 is 8.78 Å². The van der Waals surface area contributed by atoms with E-state index >= 15 is 0 Å². The van der Waals surface area contributed by atoms with Crippen molar-refractivity contribution in [2.24, 2.45) is 15.2 Å². The van der Waals surface area contributed by atoms with Gasteiger partial charge < -0.3 is 4.90 Å². The molecule has 0 aliphatic carbocycles. The summed E-state index contributed by atoms with van der Waals surface area (Å²) in [6.07, 6.45) is 0. The van der Waals surface area contributed by atoms with E-state index in [-0.39, 0.29) is 22.8 Å². The van der Waals surface area contributed by atoms with Gasteiger partial charge in [0.1, 0.15) is 11.6 Å². The van der Waals surface area contributed by atoms with Crippen LogP contribution < -0.4 is 0 Å². The summed E-state index contributed by atoms with van der Waals surface area (Å²) in [7, 11) is 0. The van der Waals surface area contributed by atoms with Crippen molar-refractivity contribution in [2.45, 2.75) is 6.04 Å². The number of rotatable bonds is 3. The Labute approximate surface area is 161 Å². The van der Waals surface area contributed by atoms with Crippen LogP contribution in [0.25, 0.3) is 0 Å². The first-order valence-corrected chi connectivity index (χ1v) is 9.05. The molecule has 2 heterocycles. The number of benzene rings is 2. The average molecular weight is 385 g/mol. The van der Waals surface area contributed by atoms with Crippen molar-refractivity contribution in [1.82, 2.24) is 9.80 Å². The van der Waals surface area contributed by atoms with Crippen LogP contribution in [0.15, 0.2) is 63.8 Å². The van der Waals surface area contributed by atoms with Crippen molar-refractivity contribution in [3.8, 4) is 0 Å². The molecule has 0 amide bonds. The Bertz CT molecular complexity index is 842. The zero-order valence-electron chi connectivity index (χ0n) is 14.4. The third-order valence-corrected chi connectivity index (χ3v) is 4.93. The molecule has 0 bridgehead atoms. The number of azo groups is 1. The minimum atomic E-state index is -0.276. The van der Waals surface area contributed by atoms with Crippen LogP contribution >= 0.6 is 12.2 Å². The summed E-state index contributed by atoms with van der Waals surface area (Å²) in [5.41, 5.74) is 1.94. The maximum Gasteiger partial charge on any atom is 0.248 e. The third kappa shape index (κ3) is 3.91. The molecular weight excluding hydrogens is 368 g/mol. The monoisotopic (exact) mass is 385 g/mol. The Hall–Kier alpha value is -2.58. The molecule has 27 heavy (non-hydrogen) atoms. The number of guanidine groups is 1. The highest BCUT2D eigenvalue weighted by atomic mass is 32.1. The zero-order chi connectivity index (χ0) is 18.8. The molecule has 0 atom stereocenters. The molecule has 0 radical (unpaired) electrons. The third-order valence-electron chi connectivity index (χ3n) is 4.75. The summed E-state index contributed by atoms with van der Waals surface area (Å²) in [5, 5.41) is 8.04. The average Bonchev–Trinajstić information content (AvgIpc) is 3.12. The van der Waals surface area contributed by atoms with E-state index in [0.29, 0.717) is 5.96 Å². The van der Waals surface area contributed by atoms with Crippen molar-refractivity contribution in [3.63, 3.8) is 0 Å². The fourth-order valence-corrected chi connectivity index (χ4v) is 3.56. The lowest BCUT2D eigenvalue weighted by molar-refractivity contribution is 0.149. The molecule has 138 valence electrons. The van der Waals surface area contributed by atoms with Gasteiger partial charge in [-0.3, -0.25) is 4.90 Å². The van der Waals surface area contributed by atoms with Gasteiger partial charge in [0.15, 0.2) is 0 Å². The summed E-state index contributed by atoms with van der Waals surface area (Å²) < 4.78 is 26.8. The van der Waals surface area contributed by atoms with E-state index in [0.717, 1.165) is 37.3 Å². The number of hydrogen-bond donors (Lipinski definition) is 0. The van der Waals surface area contributed by atoms with Crippen LogP contribution in [0.3, 0.4) is 0 Å². The van der Waals surface area contributed by atoms with Crippen LogP contribution in [-0.4, -0.2) is 47.1 Å². The lowest BCUT2D eigenvalue weighted by atomic mass is 9.96. The van der Waals surface area contributed by atoms with Gasteiger partial charge in [0.05, 0.1) is 6.04 Å². The Balaban J connectivity index is 1.57. The summed E-state index contributed by atoms with van der Waals surface area (Å²) >= 11 is 4.93. The lowest BCUT2D eigenvalue weighted by Gasteiger charge is -2.39. The van der Waals surface area contributed by atoms with Crippen molar-refractivity contribution >= 4 is 23.3 Å². The quantitative estimate of drug-likeness (QED) is 0.756. The molecule has 2 aromatic rings.